The average Bonchev–Trinajstić information content (AvgIpc) is 2.61. The predicted molar refractivity (Wildman–Crippen MR) is 91.3 cm³/mol. The van der Waals surface area contributed by atoms with Gasteiger partial charge in [-0.2, -0.15) is 0 Å². The molecular formula is C16H33N3O5. The molecule has 0 aromatic heterocycles. The van der Waals surface area contributed by atoms with Crippen molar-refractivity contribution in [3.05, 3.63) is 0 Å². The molecule has 1 aliphatic rings. The minimum Gasteiger partial charge on any atom is -0.383 e. The number of methoxy groups -OCH3 is 2. The van der Waals surface area contributed by atoms with Crippen molar-refractivity contribution < 1.29 is 23.7 Å². The van der Waals surface area contributed by atoms with Crippen molar-refractivity contribution in [2.24, 2.45) is 0 Å². The molecule has 1 N–H and O–H groups in total. The molecule has 1 aliphatic heterocycles. The van der Waals surface area contributed by atoms with Gasteiger partial charge in [-0.15, -0.1) is 0 Å². The highest BCUT2D eigenvalue weighted by molar-refractivity contribution is 5.77. The van der Waals surface area contributed by atoms with Gasteiger partial charge in [0.25, 0.3) is 0 Å². The Morgan fingerprint density at radius 1 is 0.833 bits per heavy atom. The van der Waals surface area contributed by atoms with Crippen LogP contribution >= 0.6 is 0 Å². The van der Waals surface area contributed by atoms with E-state index in [1.54, 1.807) is 14.2 Å². The van der Waals surface area contributed by atoms with Crippen LogP contribution < -0.4 is 5.32 Å². The fourth-order valence-electron chi connectivity index (χ4n) is 2.37. The summed E-state index contributed by atoms with van der Waals surface area (Å²) < 4.78 is 20.7. The molecule has 0 unspecified atom stereocenters. The zero-order chi connectivity index (χ0) is 17.5. The second kappa shape index (κ2) is 14.6. The van der Waals surface area contributed by atoms with Gasteiger partial charge in [0.15, 0.2) is 0 Å². The third-order valence-corrected chi connectivity index (χ3v) is 3.86. The minimum absolute atomic E-state index is 0.102. The first-order valence-electron chi connectivity index (χ1n) is 8.61. The van der Waals surface area contributed by atoms with Crippen LogP contribution in [0.5, 0.6) is 0 Å². The van der Waals surface area contributed by atoms with E-state index in [0.29, 0.717) is 33.0 Å². The third kappa shape index (κ3) is 10.9. The smallest absolute Gasteiger partial charge is 0.246 e. The van der Waals surface area contributed by atoms with E-state index in [2.05, 4.69) is 15.1 Å². The molecule has 0 spiro atoms. The topological polar surface area (TPSA) is 72.5 Å². The molecule has 0 bridgehead atoms. The number of hydrogen-bond acceptors (Lipinski definition) is 7. The molecule has 0 radical (unpaired) electrons. The van der Waals surface area contributed by atoms with Crippen LogP contribution in [0, 0.1) is 0 Å². The van der Waals surface area contributed by atoms with Gasteiger partial charge in [-0.1, -0.05) is 0 Å². The maximum Gasteiger partial charge on any atom is 0.246 e. The Bertz CT molecular complexity index is 312. The molecule has 0 aromatic carbocycles. The van der Waals surface area contributed by atoms with Gasteiger partial charge < -0.3 is 24.3 Å². The summed E-state index contributed by atoms with van der Waals surface area (Å²) in [5.41, 5.74) is 0. The van der Waals surface area contributed by atoms with Crippen molar-refractivity contribution in [2.45, 2.75) is 0 Å². The Balaban J connectivity index is 1.90. The molecule has 24 heavy (non-hydrogen) atoms. The summed E-state index contributed by atoms with van der Waals surface area (Å²) in [5.74, 6) is -0.102. The second-order valence-electron chi connectivity index (χ2n) is 5.68. The first-order chi connectivity index (χ1) is 11.8. The summed E-state index contributed by atoms with van der Waals surface area (Å²) in [5, 5.41) is 2.76. The zero-order valence-electron chi connectivity index (χ0n) is 15.1. The molecule has 0 atom stereocenters. The van der Waals surface area contributed by atoms with Crippen LogP contribution in [0.4, 0.5) is 0 Å². The summed E-state index contributed by atoms with van der Waals surface area (Å²) in [4.78, 5) is 16.3. The van der Waals surface area contributed by atoms with E-state index in [-0.39, 0.29) is 12.5 Å². The Morgan fingerprint density at radius 3 is 2.08 bits per heavy atom. The van der Waals surface area contributed by atoms with E-state index in [1.807, 2.05) is 0 Å². The number of piperazine rings is 1. The summed E-state index contributed by atoms with van der Waals surface area (Å²) in [6.45, 7) is 9.63. The van der Waals surface area contributed by atoms with Crippen LogP contribution in [0.2, 0.25) is 0 Å². The van der Waals surface area contributed by atoms with Gasteiger partial charge in [-0.25, -0.2) is 0 Å². The number of rotatable bonds is 14. The van der Waals surface area contributed by atoms with Crippen LogP contribution in [-0.2, 0) is 23.7 Å². The highest BCUT2D eigenvalue weighted by Gasteiger charge is 2.16. The number of carbonyl (C=O) groups excluding carboxylic acids is 1. The fourth-order valence-corrected chi connectivity index (χ4v) is 2.37. The number of hydrogen-bond donors (Lipinski definition) is 1. The normalized spacial score (nSPS) is 16.4. The third-order valence-electron chi connectivity index (χ3n) is 3.86. The van der Waals surface area contributed by atoms with E-state index in [9.17, 15) is 4.79 Å². The van der Waals surface area contributed by atoms with Gasteiger partial charge in [0, 0.05) is 60.0 Å². The van der Waals surface area contributed by atoms with E-state index < -0.39 is 0 Å². The van der Waals surface area contributed by atoms with Gasteiger partial charge in [0.1, 0.15) is 6.61 Å². The summed E-state index contributed by atoms with van der Waals surface area (Å²) in [7, 11) is 3.36. The summed E-state index contributed by atoms with van der Waals surface area (Å²) >= 11 is 0. The van der Waals surface area contributed by atoms with Crippen molar-refractivity contribution in [3.8, 4) is 0 Å². The zero-order valence-corrected chi connectivity index (χ0v) is 15.1. The average molecular weight is 347 g/mol. The van der Waals surface area contributed by atoms with Crippen LogP contribution in [0.3, 0.4) is 0 Å². The van der Waals surface area contributed by atoms with E-state index >= 15 is 0 Å². The number of amides is 1. The molecule has 1 fully saturated rings. The van der Waals surface area contributed by atoms with E-state index in [1.165, 1.54) is 0 Å². The largest absolute Gasteiger partial charge is 0.383 e. The predicted octanol–water partition coefficient (Wildman–Crippen LogP) is -0.954. The Labute approximate surface area is 145 Å². The van der Waals surface area contributed by atoms with Crippen LogP contribution in [-0.4, -0.2) is 115 Å². The van der Waals surface area contributed by atoms with Gasteiger partial charge in [-0.3, -0.25) is 14.6 Å². The molecule has 1 saturated heterocycles. The monoisotopic (exact) mass is 347 g/mol. The van der Waals surface area contributed by atoms with Crippen molar-refractivity contribution >= 4 is 5.91 Å². The second-order valence-corrected chi connectivity index (χ2v) is 5.68. The number of nitrogens with one attached hydrogen (secondary N) is 1. The standard InChI is InChI=1S/C16H33N3O5/c1-21-11-8-18-4-6-19(7-5-18)9-12-24-15-16(20)17-3-10-23-14-13-22-2/h3-15H2,1-2H3,(H,17,20). The first kappa shape index (κ1) is 21.3. The van der Waals surface area contributed by atoms with Gasteiger partial charge in [-0.05, 0) is 0 Å². The summed E-state index contributed by atoms with van der Waals surface area (Å²) in [6, 6.07) is 0. The number of nitrogens with zero attached hydrogens (tertiary/aromatic N) is 2. The van der Waals surface area contributed by atoms with Gasteiger partial charge in [0.05, 0.1) is 33.0 Å². The molecule has 1 heterocycles. The van der Waals surface area contributed by atoms with E-state index in [4.69, 9.17) is 18.9 Å². The van der Waals surface area contributed by atoms with Crippen molar-refractivity contribution in [2.75, 3.05) is 99.7 Å². The first-order valence-corrected chi connectivity index (χ1v) is 8.61. The highest BCUT2D eigenvalue weighted by atomic mass is 16.5. The van der Waals surface area contributed by atoms with Crippen molar-refractivity contribution in [1.82, 2.24) is 15.1 Å². The minimum atomic E-state index is -0.102. The quantitative estimate of drug-likeness (QED) is 0.406. The number of carbonyl (C=O) groups is 1. The fraction of sp³-hybridized carbons (Fsp3) is 0.938. The lowest BCUT2D eigenvalue weighted by atomic mass is 10.3. The van der Waals surface area contributed by atoms with Crippen molar-refractivity contribution in [1.29, 1.82) is 0 Å². The van der Waals surface area contributed by atoms with E-state index in [0.717, 1.165) is 45.9 Å². The molecule has 0 aliphatic carbocycles. The Morgan fingerprint density at radius 2 is 1.46 bits per heavy atom. The van der Waals surface area contributed by atoms with Crippen molar-refractivity contribution in [3.63, 3.8) is 0 Å². The molecule has 1 rings (SSSR count). The lowest BCUT2D eigenvalue weighted by Gasteiger charge is -2.34. The molecular weight excluding hydrogens is 314 g/mol. The van der Waals surface area contributed by atoms with Crippen LogP contribution in [0.25, 0.3) is 0 Å². The SMILES string of the molecule is COCCOCCNC(=O)COCCN1CCN(CCOC)CC1. The molecule has 0 aromatic rings. The summed E-state index contributed by atoms with van der Waals surface area (Å²) in [6.07, 6.45) is 0. The maximum atomic E-state index is 11.6. The molecule has 8 heteroatoms. The highest BCUT2D eigenvalue weighted by Crippen LogP contribution is 2.00. The molecule has 1 amide bonds. The lowest BCUT2D eigenvalue weighted by Crippen LogP contribution is -2.48. The van der Waals surface area contributed by atoms with Crippen LogP contribution in [0.15, 0.2) is 0 Å². The van der Waals surface area contributed by atoms with Crippen LogP contribution in [0.1, 0.15) is 0 Å². The molecule has 0 saturated carbocycles. The number of ether oxygens (including phenoxy) is 4. The molecule has 8 nitrogen and oxygen atoms in total. The van der Waals surface area contributed by atoms with Gasteiger partial charge >= 0.3 is 0 Å². The lowest BCUT2D eigenvalue weighted by molar-refractivity contribution is -0.126. The maximum absolute atomic E-state index is 11.6. The Hall–Kier alpha value is -0.770. The Kier molecular flexibility index (Phi) is 12.9. The van der Waals surface area contributed by atoms with Gasteiger partial charge in [0.2, 0.25) is 5.91 Å². The molecule has 142 valence electrons.